The highest BCUT2D eigenvalue weighted by Crippen LogP contribution is 2.24. The summed E-state index contributed by atoms with van der Waals surface area (Å²) >= 11 is 3.39. The van der Waals surface area contributed by atoms with Gasteiger partial charge in [-0.05, 0) is 36.4 Å². The Kier molecular flexibility index (Phi) is 5.85. The van der Waals surface area contributed by atoms with Gasteiger partial charge in [0.1, 0.15) is 17.2 Å². The number of halogens is 1. The van der Waals surface area contributed by atoms with Crippen LogP contribution in [0.3, 0.4) is 0 Å². The number of hydrogen-bond acceptors (Lipinski definition) is 4. The van der Waals surface area contributed by atoms with E-state index in [0.29, 0.717) is 17.1 Å². The fourth-order valence-electron chi connectivity index (χ4n) is 2.36. The molecule has 136 valence electrons. The molecule has 1 aromatic heterocycles. The van der Waals surface area contributed by atoms with Gasteiger partial charge in [0.15, 0.2) is 0 Å². The van der Waals surface area contributed by atoms with Gasteiger partial charge >= 0.3 is 0 Å². The summed E-state index contributed by atoms with van der Waals surface area (Å²) in [5, 5.41) is 2.55. The van der Waals surface area contributed by atoms with E-state index in [1.807, 2.05) is 29.7 Å². The van der Waals surface area contributed by atoms with Crippen LogP contribution in [0.15, 0.2) is 81.3 Å². The molecule has 0 spiro atoms. The molecular formula is C20H16BrN3O3. The van der Waals surface area contributed by atoms with E-state index < -0.39 is 11.8 Å². The number of amides is 2. The van der Waals surface area contributed by atoms with Crippen molar-refractivity contribution < 1.29 is 14.0 Å². The van der Waals surface area contributed by atoms with Gasteiger partial charge in [0.25, 0.3) is 11.8 Å². The third kappa shape index (κ3) is 4.72. The molecule has 27 heavy (non-hydrogen) atoms. The van der Waals surface area contributed by atoms with Gasteiger partial charge < -0.3 is 9.73 Å². The van der Waals surface area contributed by atoms with Gasteiger partial charge in [-0.2, -0.15) is 0 Å². The molecule has 2 aromatic carbocycles. The summed E-state index contributed by atoms with van der Waals surface area (Å²) in [4.78, 5) is 24.3. The number of benzene rings is 2. The second-order valence-electron chi connectivity index (χ2n) is 5.56. The van der Waals surface area contributed by atoms with Crippen molar-refractivity contribution in [2.75, 3.05) is 0 Å². The zero-order chi connectivity index (χ0) is 19.2. The Bertz CT molecular complexity index is 979. The second-order valence-corrected chi connectivity index (χ2v) is 6.48. The summed E-state index contributed by atoms with van der Waals surface area (Å²) in [6.07, 6.45) is 1.42. The van der Waals surface area contributed by atoms with Gasteiger partial charge in [-0.15, -0.1) is 0 Å². The lowest BCUT2D eigenvalue weighted by Crippen LogP contribution is -2.38. The molecule has 0 aliphatic rings. The van der Waals surface area contributed by atoms with Crippen molar-refractivity contribution in [2.24, 2.45) is 5.84 Å². The summed E-state index contributed by atoms with van der Waals surface area (Å²) in [6.45, 7) is 0. The zero-order valence-electron chi connectivity index (χ0n) is 14.1. The van der Waals surface area contributed by atoms with Crippen molar-refractivity contribution in [1.82, 2.24) is 10.7 Å². The predicted molar refractivity (Wildman–Crippen MR) is 106 cm³/mol. The smallest absolute Gasteiger partial charge is 0.281 e. The third-order valence-corrected chi connectivity index (χ3v) is 4.23. The molecule has 0 saturated carbocycles. The summed E-state index contributed by atoms with van der Waals surface area (Å²) in [5.74, 6) is 5.20. The number of furan rings is 1. The largest absolute Gasteiger partial charge is 0.457 e. The first-order chi connectivity index (χ1) is 13.1. The molecule has 7 heteroatoms. The van der Waals surface area contributed by atoms with E-state index in [9.17, 15) is 9.59 Å². The number of hydrogen-bond donors (Lipinski definition) is 3. The fourth-order valence-corrected chi connectivity index (χ4v) is 2.63. The van der Waals surface area contributed by atoms with Crippen molar-refractivity contribution in [3.63, 3.8) is 0 Å². The Labute approximate surface area is 164 Å². The van der Waals surface area contributed by atoms with Crippen LogP contribution in [0.2, 0.25) is 0 Å². The normalized spacial score (nSPS) is 11.1. The minimum absolute atomic E-state index is 0.0249. The molecule has 1 heterocycles. The molecule has 6 nitrogen and oxygen atoms in total. The summed E-state index contributed by atoms with van der Waals surface area (Å²) in [6, 6.07) is 19.7. The summed E-state index contributed by atoms with van der Waals surface area (Å²) in [5.41, 5.74) is 3.30. The van der Waals surface area contributed by atoms with E-state index in [-0.39, 0.29) is 5.70 Å². The lowest BCUT2D eigenvalue weighted by atomic mass is 10.2. The van der Waals surface area contributed by atoms with Crippen molar-refractivity contribution in [2.45, 2.75) is 0 Å². The molecule has 4 N–H and O–H groups in total. The highest BCUT2D eigenvalue weighted by molar-refractivity contribution is 9.10. The maximum atomic E-state index is 12.3. The SMILES string of the molecule is NNC(=O)C(=Cc1ccc(-c2ccc(Br)cc2)o1)NC(=O)c1ccccc1. The molecule has 3 rings (SSSR count). The van der Waals surface area contributed by atoms with Crippen LogP contribution in [0.4, 0.5) is 0 Å². The van der Waals surface area contributed by atoms with Gasteiger partial charge in [-0.1, -0.05) is 46.3 Å². The van der Waals surface area contributed by atoms with E-state index >= 15 is 0 Å². The van der Waals surface area contributed by atoms with E-state index in [2.05, 4.69) is 21.2 Å². The number of hydrazine groups is 1. The molecule has 0 fully saturated rings. The van der Waals surface area contributed by atoms with Gasteiger partial charge in [-0.3, -0.25) is 15.0 Å². The van der Waals surface area contributed by atoms with E-state index in [1.54, 1.807) is 42.5 Å². The second kappa shape index (κ2) is 8.48. The molecule has 0 unspecified atom stereocenters. The highest BCUT2D eigenvalue weighted by atomic mass is 79.9. The molecular weight excluding hydrogens is 410 g/mol. The first kappa shape index (κ1) is 18.6. The Hall–Kier alpha value is -3.16. The predicted octanol–water partition coefficient (Wildman–Crippen LogP) is 3.47. The van der Waals surface area contributed by atoms with Crippen LogP contribution < -0.4 is 16.6 Å². The quantitative estimate of drug-likeness (QED) is 0.252. The molecule has 0 aliphatic carbocycles. The standard InChI is InChI=1S/C20H16BrN3O3/c21-15-8-6-13(7-9-15)18-11-10-16(27-18)12-17(20(26)24-22)23-19(25)14-4-2-1-3-5-14/h1-12H,22H2,(H,23,25)(H,24,26). The summed E-state index contributed by atoms with van der Waals surface area (Å²) < 4.78 is 6.72. The van der Waals surface area contributed by atoms with Crippen LogP contribution in [0.5, 0.6) is 0 Å². The lowest BCUT2D eigenvalue weighted by molar-refractivity contribution is -0.117. The first-order valence-electron chi connectivity index (χ1n) is 8.01. The third-order valence-electron chi connectivity index (χ3n) is 3.70. The van der Waals surface area contributed by atoms with Gasteiger partial charge in [-0.25, -0.2) is 5.84 Å². The number of carbonyl (C=O) groups excluding carboxylic acids is 2. The highest BCUT2D eigenvalue weighted by Gasteiger charge is 2.14. The summed E-state index contributed by atoms with van der Waals surface area (Å²) in [7, 11) is 0. The van der Waals surface area contributed by atoms with E-state index in [4.69, 9.17) is 10.3 Å². The van der Waals surface area contributed by atoms with Crippen LogP contribution in [0, 0.1) is 0 Å². The average Bonchev–Trinajstić information content (AvgIpc) is 3.16. The maximum absolute atomic E-state index is 12.3. The zero-order valence-corrected chi connectivity index (χ0v) is 15.7. The lowest BCUT2D eigenvalue weighted by Gasteiger charge is -2.08. The van der Waals surface area contributed by atoms with Crippen LogP contribution in [0.1, 0.15) is 16.1 Å². The van der Waals surface area contributed by atoms with Crippen molar-refractivity contribution in [3.8, 4) is 11.3 Å². The number of carbonyl (C=O) groups is 2. The van der Waals surface area contributed by atoms with Crippen molar-refractivity contribution >= 4 is 33.8 Å². The molecule has 0 saturated heterocycles. The molecule has 0 bridgehead atoms. The number of rotatable bonds is 5. The van der Waals surface area contributed by atoms with Crippen LogP contribution in [-0.2, 0) is 4.79 Å². The number of nitrogens with two attached hydrogens (primary N) is 1. The number of nitrogens with one attached hydrogen (secondary N) is 2. The molecule has 0 aliphatic heterocycles. The minimum Gasteiger partial charge on any atom is -0.457 e. The monoisotopic (exact) mass is 425 g/mol. The average molecular weight is 426 g/mol. The first-order valence-corrected chi connectivity index (χ1v) is 8.81. The van der Waals surface area contributed by atoms with Gasteiger partial charge in [0.2, 0.25) is 0 Å². The Morgan fingerprint density at radius 3 is 2.33 bits per heavy atom. The topological polar surface area (TPSA) is 97.4 Å². The molecule has 0 atom stereocenters. The Balaban J connectivity index is 1.85. The molecule has 0 radical (unpaired) electrons. The van der Waals surface area contributed by atoms with E-state index in [1.165, 1.54) is 6.08 Å². The van der Waals surface area contributed by atoms with Crippen LogP contribution in [0.25, 0.3) is 17.4 Å². The molecule has 2 amide bonds. The van der Waals surface area contributed by atoms with E-state index in [0.717, 1.165) is 10.0 Å². The Morgan fingerprint density at radius 2 is 1.67 bits per heavy atom. The molecule has 3 aromatic rings. The Morgan fingerprint density at radius 1 is 0.963 bits per heavy atom. The van der Waals surface area contributed by atoms with Crippen molar-refractivity contribution in [1.29, 1.82) is 0 Å². The fraction of sp³-hybridized carbons (Fsp3) is 0. The van der Waals surface area contributed by atoms with Crippen molar-refractivity contribution in [3.05, 3.63) is 88.2 Å². The maximum Gasteiger partial charge on any atom is 0.281 e. The minimum atomic E-state index is -0.638. The van der Waals surface area contributed by atoms with Crippen LogP contribution >= 0.6 is 15.9 Å². The van der Waals surface area contributed by atoms with Crippen LogP contribution in [-0.4, -0.2) is 11.8 Å². The van der Waals surface area contributed by atoms with Gasteiger partial charge in [0.05, 0.1) is 0 Å². The van der Waals surface area contributed by atoms with Gasteiger partial charge in [0, 0.05) is 21.7 Å².